The topological polar surface area (TPSA) is 134 Å². The van der Waals surface area contributed by atoms with E-state index in [0.29, 0.717) is 22.5 Å². The third kappa shape index (κ3) is 7.42. The number of aromatic carboxylic acids is 1. The van der Waals surface area contributed by atoms with Crippen molar-refractivity contribution >= 4 is 45.3 Å². The summed E-state index contributed by atoms with van der Waals surface area (Å²) < 4.78 is 38.7. The first-order valence-corrected chi connectivity index (χ1v) is 9.16. The van der Waals surface area contributed by atoms with Gasteiger partial charge in [-0.25, -0.2) is 8.42 Å². The van der Waals surface area contributed by atoms with E-state index >= 15 is 0 Å². The molecule has 0 bridgehead atoms. The molecule has 144 valence electrons. The minimum Gasteiger partial charge on any atom is -0.744 e. The molecule has 0 aliphatic carbocycles. The number of nitrogens with one attached hydrogen (secondary N) is 1. The number of ether oxygens (including phenoxy) is 1. The molecule has 0 amide bonds. The number of carbonyl (C=O) groups is 1. The molecule has 0 unspecified atom stereocenters. The van der Waals surface area contributed by atoms with Crippen LogP contribution >= 0.6 is 11.6 Å². The normalized spacial score (nSPS) is 10.6. The number of carbonyl (C=O) groups excluding carboxylic acids is 1. The maximum atomic E-state index is 11.5. The predicted molar refractivity (Wildman–Crippen MR) is 97.0 cm³/mol. The third-order valence-electron chi connectivity index (χ3n) is 3.32. The van der Waals surface area contributed by atoms with Gasteiger partial charge in [-0.3, -0.25) is 5.43 Å². The molecule has 0 saturated heterocycles. The van der Waals surface area contributed by atoms with Crippen molar-refractivity contribution in [3.05, 3.63) is 47.0 Å². The van der Waals surface area contributed by atoms with Crippen LogP contribution in [0.25, 0.3) is 0 Å². The van der Waals surface area contributed by atoms with E-state index in [0.717, 1.165) is 17.3 Å². The van der Waals surface area contributed by atoms with Gasteiger partial charge in [-0.1, -0.05) is 11.6 Å². The fraction of sp³-hybridized carbons (Fsp3) is 0.125. The van der Waals surface area contributed by atoms with Gasteiger partial charge in [-0.2, -0.15) is 10.2 Å². The first-order valence-electron chi connectivity index (χ1n) is 7.37. The van der Waals surface area contributed by atoms with E-state index < -0.39 is 26.5 Å². The SMILES string of the molecule is CC=NN(Nc1cc(Cl)ccc1OC)c1ccc(S(=O)(=O)[O-])cc1C(=O)[O-].[Na+].[Na+]. The van der Waals surface area contributed by atoms with Crippen LogP contribution in [0.4, 0.5) is 11.4 Å². The number of carboxylic acid groups (broad SMARTS) is 1. The van der Waals surface area contributed by atoms with E-state index in [-0.39, 0.29) is 64.8 Å². The molecule has 0 atom stereocenters. The molecule has 0 fully saturated rings. The number of methoxy groups -OCH3 is 1. The number of benzene rings is 2. The molecule has 0 spiro atoms. The van der Waals surface area contributed by atoms with Crippen molar-refractivity contribution in [3.63, 3.8) is 0 Å². The molecule has 0 heterocycles. The molecule has 0 aliphatic heterocycles. The Labute approximate surface area is 217 Å². The van der Waals surface area contributed by atoms with Gasteiger partial charge in [0.25, 0.3) is 0 Å². The molecule has 1 N–H and O–H groups in total. The number of halogens is 1. The van der Waals surface area contributed by atoms with Crippen LogP contribution in [-0.4, -0.2) is 32.3 Å². The van der Waals surface area contributed by atoms with E-state index in [4.69, 9.17) is 16.3 Å². The Morgan fingerprint density at radius 2 is 1.90 bits per heavy atom. The average Bonchev–Trinajstić information content (AvgIpc) is 2.60. The maximum Gasteiger partial charge on any atom is 1.00 e. The summed E-state index contributed by atoms with van der Waals surface area (Å²) in [4.78, 5) is 10.8. The van der Waals surface area contributed by atoms with Gasteiger partial charge in [0, 0.05) is 16.8 Å². The van der Waals surface area contributed by atoms with Crippen LogP contribution < -0.4 is 79.5 Å². The number of hydrogen-bond donors (Lipinski definition) is 1. The van der Waals surface area contributed by atoms with Gasteiger partial charge in [0.1, 0.15) is 15.9 Å². The molecule has 13 heteroatoms. The van der Waals surface area contributed by atoms with Crippen molar-refractivity contribution in [1.82, 2.24) is 0 Å². The van der Waals surface area contributed by atoms with Crippen LogP contribution in [-0.2, 0) is 10.1 Å². The first kappa shape index (κ1) is 28.2. The van der Waals surface area contributed by atoms with Crippen molar-refractivity contribution in [1.29, 1.82) is 0 Å². The van der Waals surface area contributed by atoms with Gasteiger partial charge in [-0.05, 0) is 43.3 Å². The number of nitrogens with zero attached hydrogens (tertiary/aromatic N) is 2. The van der Waals surface area contributed by atoms with E-state index in [1.54, 1.807) is 19.1 Å². The van der Waals surface area contributed by atoms with Crippen LogP contribution in [0.3, 0.4) is 0 Å². The van der Waals surface area contributed by atoms with Crippen LogP contribution in [0.5, 0.6) is 5.75 Å². The van der Waals surface area contributed by atoms with Crippen LogP contribution in [0.2, 0.25) is 5.02 Å². The van der Waals surface area contributed by atoms with Gasteiger partial charge >= 0.3 is 59.1 Å². The average molecular weight is 458 g/mol. The minimum absolute atomic E-state index is 0. The summed E-state index contributed by atoms with van der Waals surface area (Å²) >= 11 is 5.97. The van der Waals surface area contributed by atoms with E-state index in [1.165, 1.54) is 19.4 Å². The van der Waals surface area contributed by atoms with E-state index in [1.807, 2.05) is 0 Å². The van der Waals surface area contributed by atoms with Crippen molar-refractivity contribution < 1.29 is 86.7 Å². The Morgan fingerprint density at radius 3 is 2.41 bits per heavy atom. The Balaban J connectivity index is 0.00000392. The van der Waals surface area contributed by atoms with Crippen LogP contribution in [0.15, 0.2) is 46.4 Å². The van der Waals surface area contributed by atoms with E-state index in [2.05, 4.69) is 10.5 Å². The molecule has 2 aromatic rings. The number of carboxylic acids is 1. The summed E-state index contributed by atoms with van der Waals surface area (Å²) in [5.41, 5.74) is 2.56. The standard InChI is InChI=1S/C16H16ClN3O6S.2Na/c1-3-18-20(19-13-8-10(17)4-7-15(13)26-2)14-6-5-11(27(23,24)25)9-12(14)16(21)22;;/h3-9,19H,1-2H3,(H,21,22)(H,23,24,25);;/q;2*+1/p-2. The summed E-state index contributed by atoms with van der Waals surface area (Å²) in [6, 6.07) is 7.51. The molecular formula is C16H14ClN3Na2O6S. The molecule has 0 aromatic heterocycles. The molecular weight excluding hydrogens is 444 g/mol. The molecule has 2 aromatic carbocycles. The monoisotopic (exact) mass is 457 g/mol. The molecule has 2 rings (SSSR count). The van der Waals surface area contributed by atoms with Gasteiger partial charge in [0.05, 0.1) is 29.3 Å². The van der Waals surface area contributed by atoms with Crippen molar-refractivity contribution in [3.8, 4) is 5.75 Å². The van der Waals surface area contributed by atoms with Crippen molar-refractivity contribution in [2.75, 3.05) is 17.7 Å². The van der Waals surface area contributed by atoms with Gasteiger partial charge in [0.15, 0.2) is 0 Å². The number of hydrazone groups is 1. The Hall–Kier alpha value is -0.820. The Morgan fingerprint density at radius 1 is 1.24 bits per heavy atom. The predicted octanol–water partition coefficient (Wildman–Crippen LogP) is -4.54. The van der Waals surface area contributed by atoms with Crippen LogP contribution in [0, 0.1) is 0 Å². The Bertz CT molecular complexity index is 1000. The summed E-state index contributed by atoms with van der Waals surface area (Å²) in [5.74, 6) is -1.30. The van der Waals surface area contributed by atoms with Gasteiger partial charge in [-0.15, -0.1) is 0 Å². The maximum absolute atomic E-state index is 11.5. The molecule has 9 nitrogen and oxygen atoms in total. The number of hydrazine groups is 1. The number of hydrogen-bond acceptors (Lipinski definition) is 9. The molecule has 0 radical (unpaired) electrons. The van der Waals surface area contributed by atoms with Crippen molar-refractivity contribution in [2.24, 2.45) is 5.10 Å². The number of anilines is 2. The summed E-state index contributed by atoms with van der Waals surface area (Å²) in [7, 11) is -3.41. The van der Waals surface area contributed by atoms with E-state index in [9.17, 15) is 22.9 Å². The third-order valence-corrected chi connectivity index (χ3v) is 4.39. The first-order chi connectivity index (χ1) is 12.7. The zero-order valence-corrected chi connectivity index (χ0v) is 21.7. The Kier molecular flexibility index (Phi) is 11.8. The van der Waals surface area contributed by atoms with Crippen LogP contribution in [0.1, 0.15) is 17.3 Å². The number of rotatable bonds is 7. The quantitative estimate of drug-likeness (QED) is 0.190. The second-order valence-electron chi connectivity index (χ2n) is 5.06. The summed E-state index contributed by atoms with van der Waals surface area (Å²) in [6.07, 6.45) is 1.36. The molecule has 29 heavy (non-hydrogen) atoms. The van der Waals surface area contributed by atoms with Crippen molar-refractivity contribution in [2.45, 2.75) is 11.8 Å². The van der Waals surface area contributed by atoms with Gasteiger partial charge in [0.2, 0.25) is 0 Å². The van der Waals surface area contributed by atoms with Gasteiger partial charge < -0.3 is 19.2 Å². The zero-order valence-electron chi connectivity index (χ0n) is 16.2. The second kappa shape index (κ2) is 12.1. The second-order valence-corrected chi connectivity index (χ2v) is 6.88. The fourth-order valence-electron chi connectivity index (χ4n) is 2.17. The smallest absolute Gasteiger partial charge is 0.744 e. The largest absolute Gasteiger partial charge is 1.00 e. The summed E-state index contributed by atoms with van der Waals surface area (Å²) in [6.45, 7) is 1.58. The molecule has 0 aliphatic rings. The minimum atomic E-state index is -4.84. The summed E-state index contributed by atoms with van der Waals surface area (Å²) in [5, 5.41) is 16.9. The molecule has 0 saturated carbocycles. The zero-order chi connectivity index (χ0) is 20.2. The fourth-order valence-corrected chi connectivity index (χ4v) is 2.84.